The number of fused-ring (bicyclic) bond motifs is 1. The molecular weight excluding hydrogens is 514 g/mol. The van der Waals surface area contributed by atoms with Gasteiger partial charge < -0.3 is 10.2 Å². The zero-order chi connectivity index (χ0) is 22.9. The molecule has 1 N–H and O–H groups in total. The minimum atomic E-state index is -3.82. The van der Waals surface area contributed by atoms with Gasteiger partial charge in [-0.1, -0.05) is 13.0 Å². The number of hydrogen-bond donors (Lipinski definition) is 1. The number of rotatable bonds is 6. The van der Waals surface area contributed by atoms with Crippen LogP contribution in [0.1, 0.15) is 36.6 Å². The zero-order valence-electron chi connectivity index (χ0n) is 17.8. The summed E-state index contributed by atoms with van der Waals surface area (Å²) in [5, 5.41) is 4.89. The Hall–Kier alpha value is -1.75. The second-order valence-electron chi connectivity index (χ2n) is 8.06. The van der Waals surface area contributed by atoms with Gasteiger partial charge in [-0.05, 0) is 64.3 Å². The number of benzene rings is 1. The Bertz CT molecular complexity index is 1120. The molecule has 1 saturated heterocycles. The molecule has 32 heavy (non-hydrogen) atoms. The van der Waals surface area contributed by atoms with Crippen LogP contribution < -0.4 is 10.2 Å². The van der Waals surface area contributed by atoms with Crippen LogP contribution in [0.4, 0.5) is 5.69 Å². The van der Waals surface area contributed by atoms with Gasteiger partial charge in [0, 0.05) is 41.1 Å². The third-order valence-electron chi connectivity index (χ3n) is 6.02. The third-order valence-corrected chi connectivity index (χ3v) is 9.72. The van der Waals surface area contributed by atoms with Crippen LogP contribution in [0.2, 0.25) is 0 Å². The lowest BCUT2D eigenvalue weighted by Gasteiger charge is -2.31. The predicted molar refractivity (Wildman–Crippen MR) is 128 cm³/mol. The summed E-state index contributed by atoms with van der Waals surface area (Å²) in [6.07, 6.45) is 2.36. The lowest BCUT2D eigenvalue weighted by Crippen LogP contribution is -2.45. The van der Waals surface area contributed by atoms with Crippen LogP contribution in [0, 0.1) is 5.92 Å². The maximum Gasteiger partial charge on any atom is 0.244 e. The Morgan fingerprint density at radius 2 is 2.09 bits per heavy atom. The Morgan fingerprint density at radius 1 is 1.28 bits per heavy atom. The Balaban J connectivity index is 1.53. The molecule has 1 fully saturated rings. The number of nitrogens with one attached hydrogen (secondary N) is 1. The molecule has 2 aliphatic heterocycles. The number of thiophene rings is 1. The van der Waals surface area contributed by atoms with Gasteiger partial charge in [-0.3, -0.25) is 9.59 Å². The van der Waals surface area contributed by atoms with Gasteiger partial charge >= 0.3 is 0 Å². The lowest BCUT2D eigenvalue weighted by molar-refractivity contribution is -0.126. The van der Waals surface area contributed by atoms with Crippen LogP contribution >= 0.6 is 27.3 Å². The molecule has 7 nitrogen and oxygen atoms in total. The van der Waals surface area contributed by atoms with E-state index in [1.54, 1.807) is 35.3 Å². The normalized spacial score (nSPS) is 19.1. The van der Waals surface area contributed by atoms with E-state index in [4.69, 9.17) is 0 Å². The molecule has 1 aromatic carbocycles. The third kappa shape index (κ3) is 4.64. The molecule has 1 atom stereocenters. The fraction of sp³-hybridized carbons (Fsp3) is 0.455. The van der Waals surface area contributed by atoms with Gasteiger partial charge in [0.15, 0.2) is 0 Å². The fourth-order valence-corrected chi connectivity index (χ4v) is 7.52. The molecule has 0 spiro atoms. The monoisotopic (exact) mass is 539 g/mol. The van der Waals surface area contributed by atoms with Crippen molar-refractivity contribution in [2.45, 2.75) is 44.0 Å². The van der Waals surface area contributed by atoms with E-state index in [1.165, 1.54) is 4.31 Å². The molecule has 4 rings (SSSR count). The minimum Gasteiger partial charge on any atom is -0.351 e. The first-order chi connectivity index (χ1) is 15.3. The molecule has 2 aliphatic rings. The van der Waals surface area contributed by atoms with Gasteiger partial charge in [-0.25, -0.2) is 8.42 Å². The van der Waals surface area contributed by atoms with E-state index < -0.39 is 10.0 Å². The highest BCUT2D eigenvalue weighted by molar-refractivity contribution is 9.10. The first-order valence-electron chi connectivity index (χ1n) is 10.7. The smallest absolute Gasteiger partial charge is 0.244 e. The van der Waals surface area contributed by atoms with Gasteiger partial charge in [-0.2, -0.15) is 4.31 Å². The highest BCUT2D eigenvalue weighted by Gasteiger charge is 2.36. The quantitative estimate of drug-likeness (QED) is 0.608. The van der Waals surface area contributed by atoms with E-state index in [0.29, 0.717) is 55.5 Å². The second-order valence-corrected chi connectivity index (χ2v) is 11.9. The molecule has 2 aromatic rings. The van der Waals surface area contributed by atoms with Crippen molar-refractivity contribution >= 4 is 54.8 Å². The first-order valence-corrected chi connectivity index (χ1v) is 13.9. The summed E-state index contributed by atoms with van der Waals surface area (Å²) in [6, 6.07) is 7.31. The van der Waals surface area contributed by atoms with Crippen LogP contribution in [0.25, 0.3) is 0 Å². The van der Waals surface area contributed by atoms with Crippen LogP contribution in [0.3, 0.4) is 0 Å². The molecule has 10 heteroatoms. The standard InChI is InChI=1S/C22H26BrN3O4S2/c1-2-21(27)26-9-7-15-11-18(23)20(12-19(15)26)32(29,30)25-8-3-5-16(14-25)22(28)24-13-17-6-4-10-31-17/h4,6,10-12,16H,2-3,5,7-9,13-14H2,1H3,(H,24,28)/t16-/m1/s1. The van der Waals surface area contributed by atoms with E-state index in [9.17, 15) is 18.0 Å². The van der Waals surface area contributed by atoms with Crippen molar-refractivity contribution in [2.24, 2.45) is 5.92 Å². The molecule has 172 valence electrons. The summed E-state index contributed by atoms with van der Waals surface area (Å²) in [5.41, 5.74) is 1.63. The maximum atomic E-state index is 13.5. The number of carbonyl (C=O) groups is 2. The van der Waals surface area contributed by atoms with Crippen LogP contribution in [0.5, 0.6) is 0 Å². The lowest BCUT2D eigenvalue weighted by atomic mass is 9.99. The summed E-state index contributed by atoms with van der Waals surface area (Å²) in [7, 11) is -3.82. The highest BCUT2D eigenvalue weighted by Crippen LogP contribution is 2.37. The van der Waals surface area contributed by atoms with Crippen molar-refractivity contribution in [1.29, 1.82) is 0 Å². The molecule has 0 unspecified atom stereocenters. The predicted octanol–water partition coefficient (Wildman–Crippen LogP) is 3.53. The summed E-state index contributed by atoms with van der Waals surface area (Å²) >= 11 is 5.00. The number of hydrogen-bond acceptors (Lipinski definition) is 5. The second kappa shape index (κ2) is 9.62. The van der Waals surface area contributed by atoms with Gasteiger partial charge in [0.1, 0.15) is 0 Å². The number of sulfonamides is 1. The number of carbonyl (C=O) groups excluding carboxylic acids is 2. The summed E-state index contributed by atoms with van der Waals surface area (Å²) in [5.74, 6) is -0.522. The fourth-order valence-electron chi connectivity index (χ4n) is 4.28. The molecule has 1 aromatic heterocycles. The van der Waals surface area contributed by atoms with Crippen molar-refractivity contribution in [2.75, 3.05) is 24.5 Å². The molecular formula is C22H26BrN3O4S2. The number of anilines is 1. The van der Waals surface area contributed by atoms with Crippen LogP contribution in [0.15, 0.2) is 39.0 Å². The molecule has 0 radical (unpaired) electrons. The summed E-state index contributed by atoms with van der Waals surface area (Å²) < 4.78 is 29.0. The number of nitrogens with zero attached hydrogens (tertiary/aromatic N) is 2. The molecule has 3 heterocycles. The van der Waals surface area contributed by atoms with Crippen molar-refractivity contribution in [3.63, 3.8) is 0 Å². The Kier molecular flexibility index (Phi) is 7.04. The average molecular weight is 541 g/mol. The van der Waals surface area contributed by atoms with Gasteiger partial charge in [-0.15, -0.1) is 11.3 Å². The van der Waals surface area contributed by atoms with Crippen molar-refractivity contribution < 1.29 is 18.0 Å². The SMILES string of the molecule is CCC(=O)N1CCc2cc(Br)c(S(=O)(=O)N3CCC[C@@H](C(=O)NCc4cccs4)C3)cc21. The van der Waals surface area contributed by atoms with Gasteiger partial charge in [0.05, 0.1) is 17.4 Å². The van der Waals surface area contributed by atoms with Crippen molar-refractivity contribution in [3.8, 4) is 0 Å². The van der Waals surface area contributed by atoms with E-state index >= 15 is 0 Å². The average Bonchev–Trinajstić information content (AvgIpc) is 3.46. The molecule has 0 aliphatic carbocycles. The molecule has 0 bridgehead atoms. The van der Waals surface area contributed by atoms with Crippen LogP contribution in [-0.4, -0.2) is 44.2 Å². The Morgan fingerprint density at radius 3 is 2.81 bits per heavy atom. The van der Waals surface area contributed by atoms with E-state index in [2.05, 4.69) is 21.2 Å². The van der Waals surface area contributed by atoms with E-state index in [1.807, 2.05) is 17.5 Å². The minimum absolute atomic E-state index is 0.0186. The Labute approximate surface area is 201 Å². The number of halogens is 1. The summed E-state index contributed by atoms with van der Waals surface area (Å²) in [6.45, 7) is 3.34. The topological polar surface area (TPSA) is 86.8 Å². The number of piperidine rings is 1. The number of amides is 2. The summed E-state index contributed by atoms with van der Waals surface area (Å²) in [4.78, 5) is 27.9. The van der Waals surface area contributed by atoms with Gasteiger partial charge in [0.25, 0.3) is 0 Å². The highest BCUT2D eigenvalue weighted by atomic mass is 79.9. The largest absolute Gasteiger partial charge is 0.351 e. The van der Waals surface area contributed by atoms with Crippen molar-refractivity contribution in [3.05, 3.63) is 44.6 Å². The maximum absolute atomic E-state index is 13.5. The van der Waals surface area contributed by atoms with Crippen LogP contribution in [-0.2, 0) is 32.6 Å². The molecule has 0 saturated carbocycles. The van der Waals surface area contributed by atoms with Gasteiger partial charge in [0.2, 0.25) is 21.8 Å². The van der Waals surface area contributed by atoms with E-state index in [-0.39, 0.29) is 29.2 Å². The van der Waals surface area contributed by atoms with Crippen molar-refractivity contribution in [1.82, 2.24) is 9.62 Å². The first kappa shape index (κ1) is 23.4. The molecule has 2 amide bonds. The zero-order valence-corrected chi connectivity index (χ0v) is 21.1. The van der Waals surface area contributed by atoms with E-state index in [0.717, 1.165) is 10.4 Å².